The molecule has 2 heterocycles. The molecule has 0 radical (unpaired) electrons. The van der Waals surface area contributed by atoms with Gasteiger partial charge in [-0.15, -0.1) is 0 Å². The lowest BCUT2D eigenvalue weighted by molar-refractivity contribution is -0.130. The first kappa shape index (κ1) is 24.2. The molecule has 0 spiro atoms. The van der Waals surface area contributed by atoms with E-state index in [-0.39, 0.29) is 18.4 Å². The van der Waals surface area contributed by atoms with Gasteiger partial charge in [-0.05, 0) is 35.9 Å². The van der Waals surface area contributed by atoms with E-state index in [0.29, 0.717) is 57.4 Å². The van der Waals surface area contributed by atoms with E-state index in [9.17, 15) is 9.59 Å². The van der Waals surface area contributed by atoms with E-state index >= 15 is 0 Å². The lowest BCUT2D eigenvalue weighted by Gasteiger charge is -2.34. The molecule has 1 saturated heterocycles. The summed E-state index contributed by atoms with van der Waals surface area (Å²) in [6, 6.07) is 18.5. The normalized spacial score (nSPS) is 13.4. The molecule has 3 aromatic rings. The van der Waals surface area contributed by atoms with Crippen molar-refractivity contribution in [1.82, 2.24) is 14.9 Å². The molecule has 1 fully saturated rings. The second-order valence-electron chi connectivity index (χ2n) is 8.05. The van der Waals surface area contributed by atoms with Gasteiger partial charge in [-0.25, -0.2) is 9.97 Å². The lowest BCUT2D eigenvalue weighted by Crippen LogP contribution is -2.49. The van der Waals surface area contributed by atoms with Crippen LogP contribution in [0.4, 0.5) is 11.6 Å². The summed E-state index contributed by atoms with van der Waals surface area (Å²) >= 11 is 0. The summed E-state index contributed by atoms with van der Waals surface area (Å²) in [6.07, 6.45) is 3.77. The smallest absolute Gasteiger partial charge is 0.250 e. The summed E-state index contributed by atoms with van der Waals surface area (Å²) in [4.78, 5) is 37.3. The number of benzene rings is 2. The molecule has 4 rings (SSSR count). The second-order valence-corrected chi connectivity index (χ2v) is 8.05. The molecule has 0 aliphatic carbocycles. The van der Waals surface area contributed by atoms with Crippen molar-refractivity contribution < 1.29 is 19.1 Å². The first-order valence-corrected chi connectivity index (χ1v) is 11.6. The van der Waals surface area contributed by atoms with Crippen molar-refractivity contribution in [1.29, 1.82) is 0 Å². The first-order chi connectivity index (χ1) is 17.2. The maximum absolute atomic E-state index is 12.7. The highest BCUT2D eigenvalue weighted by atomic mass is 16.5. The highest BCUT2D eigenvalue weighted by Crippen LogP contribution is 2.14. The monoisotopic (exact) mass is 475 g/mol. The predicted octanol–water partition coefficient (Wildman–Crippen LogP) is 2.40. The van der Waals surface area contributed by atoms with Crippen LogP contribution in [-0.4, -0.2) is 72.7 Å². The van der Waals surface area contributed by atoms with E-state index < -0.39 is 0 Å². The van der Waals surface area contributed by atoms with Crippen LogP contribution < -0.4 is 15.0 Å². The third-order valence-electron chi connectivity index (χ3n) is 5.53. The van der Waals surface area contributed by atoms with Crippen molar-refractivity contribution in [2.75, 3.05) is 56.2 Å². The summed E-state index contributed by atoms with van der Waals surface area (Å²) in [6.45, 7) is 3.33. The zero-order valence-corrected chi connectivity index (χ0v) is 19.5. The number of carbonyl (C=O) groups is 2. The maximum Gasteiger partial charge on any atom is 0.250 e. The fraction of sp³-hybridized carbons (Fsp3) is 0.308. The summed E-state index contributed by atoms with van der Waals surface area (Å²) < 4.78 is 10.9. The molecular formula is C26H29N5O4. The zero-order valence-electron chi connectivity index (χ0n) is 19.5. The molecule has 35 heavy (non-hydrogen) atoms. The largest absolute Gasteiger partial charge is 0.491 e. The van der Waals surface area contributed by atoms with Gasteiger partial charge in [0.2, 0.25) is 17.8 Å². The number of hydrogen-bond donors (Lipinski definition) is 1. The lowest BCUT2D eigenvalue weighted by atomic mass is 10.1. The van der Waals surface area contributed by atoms with Crippen LogP contribution in [0.3, 0.4) is 0 Å². The minimum absolute atomic E-state index is 0.0572. The Hall–Kier alpha value is -3.98. The van der Waals surface area contributed by atoms with Gasteiger partial charge in [0.25, 0.3) is 0 Å². The van der Waals surface area contributed by atoms with E-state index in [1.54, 1.807) is 30.6 Å². The molecular weight excluding hydrogens is 446 g/mol. The van der Waals surface area contributed by atoms with Crippen LogP contribution >= 0.6 is 0 Å². The molecule has 9 nitrogen and oxygen atoms in total. The van der Waals surface area contributed by atoms with Crippen molar-refractivity contribution in [2.45, 2.75) is 6.42 Å². The fourth-order valence-corrected chi connectivity index (χ4v) is 3.70. The minimum Gasteiger partial charge on any atom is -0.491 e. The van der Waals surface area contributed by atoms with Gasteiger partial charge in [-0.3, -0.25) is 9.59 Å². The molecule has 2 amide bonds. The van der Waals surface area contributed by atoms with Gasteiger partial charge < -0.3 is 24.6 Å². The van der Waals surface area contributed by atoms with Gasteiger partial charge in [-0.2, -0.15) is 0 Å². The Labute approximate surface area is 204 Å². The van der Waals surface area contributed by atoms with Crippen molar-refractivity contribution in [3.05, 3.63) is 78.6 Å². The van der Waals surface area contributed by atoms with Crippen molar-refractivity contribution >= 4 is 23.5 Å². The molecule has 1 aliphatic heterocycles. The third-order valence-corrected chi connectivity index (χ3v) is 5.53. The molecule has 1 aromatic heterocycles. The van der Waals surface area contributed by atoms with Crippen molar-refractivity contribution in [3.63, 3.8) is 0 Å². The molecule has 0 bridgehead atoms. The average Bonchev–Trinajstić information content (AvgIpc) is 2.91. The number of ether oxygens (including phenoxy) is 2. The summed E-state index contributed by atoms with van der Waals surface area (Å²) in [5.41, 5.74) is 1.56. The summed E-state index contributed by atoms with van der Waals surface area (Å²) in [7, 11) is 0. The predicted molar refractivity (Wildman–Crippen MR) is 132 cm³/mol. The number of nitrogens with zero attached hydrogens (tertiary/aromatic N) is 4. The first-order valence-electron chi connectivity index (χ1n) is 11.6. The average molecular weight is 476 g/mol. The zero-order chi connectivity index (χ0) is 24.3. The minimum atomic E-state index is -0.242. The second kappa shape index (κ2) is 12.5. The molecule has 9 heteroatoms. The number of piperazine rings is 1. The molecule has 0 saturated carbocycles. The third kappa shape index (κ3) is 7.51. The van der Waals surface area contributed by atoms with E-state index in [1.165, 1.54) is 0 Å². The summed E-state index contributed by atoms with van der Waals surface area (Å²) in [5.74, 6) is 1.31. The van der Waals surface area contributed by atoms with E-state index in [2.05, 4.69) is 20.2 Å². The number of anilines is 2. The van der Waals surface area contributed by atoms with Gasteiger partial charge >= 0.3 is 0 Å². The molecule has 2 aromatic carbocycles. The van der Waals surface area contributed by atoms with Crippen molar-refractivity contribution in [3.8, 4) is 5.75 Å². The number of hydrogen-bond acceptors (Lipinski definition) is 7. The molecule has 1 aliphatic rings. The maximum atomic E-state index is 12.7. The van der Waals surface area contributed by atoms with Crippen LogP contribution in [0.2, 0.25) is 0 Å². The van der Waals surface area contributed by atoms with Gasteiger partial charge in [0.1, 0.15) is 19.0 Å². The Morgan fingerprint density at radius 1 is 0.857 bits per heavy atom. The van der Waals surface area contributed by atoms with Gasteiger partial charge in [-0.1, -0.05) is 30.3 Å². The van der Waals surface area contributed by atoms with E-state index in [1.807, 2.05) is 47.4 Å². The number of carbonyl (C=O) groups excluding carboxylic acids is 2. The standard InChI is InChI=1S/C26H29N5O4/c32-24(20-34-17-18-35-23-5-2-1-3-6-23)29-22-9-7-21(8-10-22)19-25(33)30-13-15-31(16-14-30)26-27-11-4-12-28-26/h1-12H,13-20H2,(H,29,32). The van der Waals surface area contributed by atoms with Crippen LogP contribution in [0.1, 0.15) is 5.56 Å². The van der Waals surface area contributed by atoms with Crippen LogP contribution in [0.25, 0.3) is 0 Å². The Bertz CT molecular complexity index is 1070. The van der Waals surface area contributed by atoms with Gasteiger partial charge in [0, 0.05) is 44.3 Å². The quantitative estimate of drug-likeness (QED) is 0.450. The number of amides is 2. The Kier molecular flexibility index (Phi) is 8.61. The topological polar surface area (TPSA) is 96.9 Å². The molecule has 182 valence electrons. The summed E-state index contributed by atoms with van der Waals surface area (Å²) in [5, 5.41) is 2.80. The Morgan fingerprint density at radius 2 is 1.57 bits per heavy atom. The number of aromatic nitrogens is 2. The highest BCUT2D eigenvalue weighted by Gasteiger charge is 2.22. The van der Waals surface area contributed by atoms with Crippen LogP contribution in [-0.2, 0) is 20.7 Å². The SMILES string of the molecule is O=C(COCCOc1ccccc1)Nc1ccc(CC(=O)N2CCN(c3ncccn3)CC2)cc1. The van der Waals surface area contributed by atoms with Crippen LogP contribution in [0.15, 0.2) is 73.1 Å². The highest BCUT2D eigenvalue weighted by molar-refractivity contribution is 5.91. The van der Waals surface area contributed by atoms with Crippen LogP contribution in [0, 0.1) is 0 Å². The molecule has 0 atom stereocenters. The number of rotatable bonds is 10. The van der Waals surface area contributed by atoms with Gasteiger partial charge in [0.15, 0.2) is 0 Å². The van der Waals surface area contributed by atoms with E-state index in [4.69, 9.17) is 9.47 Å². The fourth-order valence-electron chi connectivity index (χ4n) is 3.70. The van der Waals surface area contributed by atoms with Crippen molar-refractivity contribution in [2.24, 2.45) is 0 Å². The van der Waals surface area contributed by atoms with Gasteiger partial charge in [0.05, 0.1) is 13.0 Å². The van der Waals surface area contributed by atoms with Crippen LogP contribution in [0.5, 0.6) is 5.75 Å². The molecule has 1 N–H and O–H groups in total. The Morgan fingerprint density at radius 3 is 2.29 bits per heavy atom. The molecule has 0 unspecified atom stereocenters. The number of para-hydroxylation sites is 1. The Balaban J connectivity index is 1.13. The number of nitrogens with one attached hydrogen (secondary N) is 1. The van der Waals surface area contributed by atoms with E-state index in [0.717, 1.165) is 11.3 Å².